The van der Waals surface area contributed by atoms with Crippen LogP contribution in [-0.2, 0) is 0 Å². The van der Waals surface area contributed by atoms with Crippen molar-refractivity contribution in [3.63, 3.8) is 0 Å². The van der Waals surface area contributed by atoms with Gasteiger partial charge in [0.15, 0.2) is 0 Å². The molecule has 1 aliphatic rings. The third-order valence-corrected chi connectivity index (χ3v) is 7.68. The number of amides is 2. The molecule has 168 valence electrons. The van der Waals surface area contributed by atoms with E-state index in [-0.39, 0.29) is 18.0 Å². The van der Waals surface area contributed by atoms with E-state index in [9.17, 15) is 9.59 Å². The van der Waals surface area contributed by atoms with Crippen molar-refractivity contribution in [1.82, 2.24) is 19.9 Å². The number of imidazole rings is 1. The highest BCUT2D eigenvalue weighted by Gasteiger charge is 2.28. The summed E-state index contributed by atoms with van der Waals surface area (Å²) in [6.07, 6.45) is 7.22. The summed E-state index contributed by atoms with van der Waals surface area (Å²) in [5, 5.41) is 3.22. The Hall–Kier alpha value is -3.04. The molecule has 9 heteroatoms. The first kappa shape index (κ1) is 21.8. The largest absolute Gasteiger partial charge is 0.366 e. The number of nitrogens with two attached hydrogens (primary N) is 1. The zero-order valence-corrected chi connectivity index (χ0v) is 20.1. The van der Waals surface area contributed by atoms with E-state index in [0.717, 1.165) is 51.9 Å². The lowest BCUT2D eigenvalue weighted by Gasteiger charge is -2.32. The first-order valence-electron chi connectivity index (χ1n) is 10.8. The zero-order valence-electron chi connectivity index (χ0n) is 17.7. The first-order valence-corrected chi connectivity index (χ1v) is 12.4. The predicted octanol–water partition coefficient (Wildman–Crippen LogP) is 4.93. The van der Waals surface area contributed by atoms with E-state index in [4.69, 9.17) is 10.7 Å². The number of benzene rings is 1. The van der Waals surface area contributed by atoms with Gasteiger partial charge in [-0.3, -0.25) is 14.6 Å². The quantitative estimate of drug-likeness (QED) is 0.386. The van der Waals surface area contributed by atoms with Gasteiger partial charge in [0, 0.05) is 35.6 Å². The Morgan fingerprint density at radius 1 is 1.12 bits per heavy atom. The summed E-state index contributed by atoms with van der Waals surface area (Å²) >= 11 is 4.86. The van der Waals surface area contributed by atoms with Crippen molar-refractivity contribution in [3.05, 3.63) is 69.1 Å². The van der Waals surface area contributed by atoms with Crippen LogP contribution in [0.25, 0.3) is 22.4 Å². The van der Waals surface area contributed by atoms with Gasteiger partial charge in [-0.2, -0.15) is 0 Å². The lowest BCUT2D eigenvalue weighted by Crippen LogP contribution is -2.38. The molecule has 2 amide bonds. The molecule has 0 spiro atoms. The summed E-state index contributed by atoms with van der Waals surface area (Å²) in [4.78, 5) is 34.1. The molecule has 4 aromatic rings. The molecule has 3 heterocycles. The molecular weight excluding hydrogens is 502 g/mol. The van der Waals surface area contributed by atoms with Crippen LogP contribution >= 0.6 is 27.3 Å². The normalized spacial score (nSPS) is 18.3. The van der Waals surface area contributed by atoms with Crippen molar-refractivity contribution in [2.24, 2.45) is 5.73 Å². The monoisotopic (exact) mass is 523 g/mol. The van der Waals surface area contributed by atoms with E-state index >= 15 is 0 Å². The lowest BCUT2D eigenvalue weighted by atomic mass is 9.90. The Morgan fingerprint density at radius 2 is 1.94 bits per heavy atom. The Morgan fingerprint density at radius 3 is 2.67 bits per heavy atom. The topological polar surface area (TPSA) is 103 Å². The number of hydrogen-bond donors (Lipinski definition) is 2. The maximum absolute atomic E-state index is 12.7. The van der Waals surface area contributed by atoms with E-state index < -0.39 is 5.91 Å². The molecule has 5 rings (SSSR count). The van der Waals surface area contributed by atoms with Crippen LogP contribution in [0.15, 0.2) is 58.6 Å². The highest BCUT2D eigenvalue weighted by atomic mass is 79.9. The van der Waals surface area contributed by atoms with Gasteiger partial charge in [0.2, 0.25) is 5.91 Å². The molecule has 3 aromatic heterocycles. The highest BCUT2D eigenvalue weighted by molar-refractivity contribution is 9.11. The molecule has 0 aliphatic heterocycles. The lowest BCUT2D eigenvalue weighted by molar-refractivity contribution is 0.0924. The fourth-order valence-electron chi connectivity index (χ4n) is 4.55. The van der Waals surface area contributed by atoms with Crippen LogP contribution in [-0.4, -0.2) is 32.4 Å². The molecule has 1 aromatic carbocycles. The standard InChI is InChI=1S/C24H22BrN5O2S/c25-21-7-6-20(33-21)24(32)28-16-2-1-3-17(13-16)30-19-5-4-15(22(26)31)12-18(19)29-23(30)14-8-10-27-11-9-14/h4-12,16-17H,1-3,13H2,(H2,26,31)(H,28,32)/t16-,17+/m1/s1. The number of pyridine rings is 1. The Bertz CT molecular complexity index is 1330. The van der Waals surface area contributed by atoms with E-state index in [1.807, 2.05) is 30.3 Å². The number of thiophene rings is 1. The molecule has 1 saturated carbocycles. The fraction of sp³-hybridized carbons (Fsp3) is 0.250. The summed E-state index contributed by atoms with van der Waals surface area (Å²) < 4.78 is 3.19. The summed E-state index contributed by atoms with van der Waals surface area (Å²) in [6.45, 7) is 0. The van der Waals surface area contributed by atoms with E-state index in [1.165, 1.54) is 11.3 Å². The minimum Gasteiger partial charge on any atom is -0.366 e. The number of fused-ring (bicyclic) bond motifs is 1. The molecule has 3 N–H and O–H groups in total. The molecular formula is C24H22BrN5O2S. The second-order valence-corrected chi connectivity index (χ2v) is 10.7. The summed E-state index contributed by atoms with van der Waals surface area (Å²) in [5.41, 5.74) is 8.56. The smallest absolute Gasteiger partial charge is 0.261 e. The summed E-state index contributed by atoms with van der Waals surface area (Å²) in [6, 6.07) is 13.2. The summed E-state index contributed by atoms with van der Waals surface area (Å²) in [7, 11) is 0. The third kappa shape index (κ3) is 4.43. The van der Waals surface area contributed by atoms with Crippen molar-refractivity contribution in [1.29, 1.82) is 0 Å². The van der Waals surface area contributed by atoms with Crippen LogP contribution in [0.5, 0.6) is 0 Å². The Balaban J connectivity index is 1.49. The first-order chi connectivity index (χ1) is 16.0. The molecule has 0 unspecified atom stereocenters. The van der Waals surface area contributed by atoms with Crippen LogP contribution < -0.4 is 11.1 Å². The van der Waals surface area contributed by atoms with Crippen LogP contribution in [0.4, 0.5) is 0 Å². The third-order valence-electron chi connectivity index (χ3n) is 6.06. The second kappa shape index (κ2) is 9.07. The van der Waals surface area contributed by atoms with Crippen molar-refractivity contribution >= 4 is 50.1 Å². The van der Waals surface area contributed by atoms with Crippen LogP contribution in [0.3, 0.4) is 0 Å². The number of halogens is 1. The number of nitrogens with one attached hydrogen (secondary N) is 1. The molecule has 2 atom stereocenters. The molecule has 33 heavy (non-hydrogen) atoms. The van der Waals surface area contributed by atoms with Crippen molar-refractivity contribution in [3.8, 4) is 11.4 Å². The van der Waals surface area contributed by atoms with Gasteiger partial charge >= 0.3 is 0 Å². The van der Waals surface area contributed by atoms with Gasteiger partial charge in [0.25, 0.3) is 5.91 Å². The van der Waals surface area contributed by atoms with Gasteiger partial charge in [-0.25, -0.2) is 4.98 Å². The van der Waals surface area contributed by atoms with Crippen LogP contribution in [0, 0.1) is 0 Å². The van der Waals surface area contributed by atoms with Gasteiger partial charge < -0.3 is 15.6 Å². The highest BCUT2D eigenvalue weighted by Crippen LogP contribution is 2.36. The van der Waals surface area contributed by atoms with Crippen LogP contribution in [0.1, 0.15) is 51.8 Å². The number of rotatable bonds is 5. The van der Waals surface area contributed by atoms with Crippen molar-refractivity contribution < 1.29 is 9.59 Å². The van der Waals surface area contributed by atoms with Gasteiger partial charge in [0.05, 0.1) is 19.7 Å². The average Bonchev–Trinajstić information content (AvgIpc) is 3.43. The number of carbonyl (C=O) groups excluding carboxylic acids is 2. The number of primary amides is 1. The Labute approximate surface area is 203 Å². The number of carbonyl (C=O) groups is 2. The zero-order chi connectivity index (χ0) is 22.9. The van der Waals surface area contributed by atoms with Gasteiger partial charge in [0.1, 0.15) is 5.82 Å². The SMILES string of the molecule is NC(=O)c1ccc2c(c1)nc(-c1ccncc1)n2[C@H]1CCC[C@@H](NC(=O)c2ccc(Br)s2)C1. The fourth-order valence-corrected chi connectivity index (χ4v) is 5.84. The molecule has 0 saturated heterocycles. The molecule has 0 bridgehead atoms. The number of nitrogens with zero attached hydrogens (tertiary/aromatic N) is 3. The molecule has 1 aliphatic carbocycles. The molecule has 7 nitrogen and oxygen atoms in total. The molecule has 0 radical (unpaired) electrons. The maximum atomic E-state index is 12.7. The average molecular weight is 524 g/mol. The minimum atomic E-state index is -0.474. The van der Waals surface area contributed by atoms with E-state index in [1.54, 1.807) is 24.5 Å². The molecule has 1 fully saturated rings. The predicted molar refractivity (Wildman–Crippen MR) is 132 cm³/mol. The van der Waals surface area contributed by atoms with Gasteiger partial charge in [-0.05, 0) is 84.1 Å². The minimum absolute atomic E-state index is 0.0349. The number of aromatic nitrogens is 3. The second-order valence-electron chi connectivity index (χ2n) is 8.20. The maximum Gasteiger partial charge on any atom is 0.261 e. The number of hydrogen-bond acceptors (Lipinski definition) is 5. The van der Waals surface area contributed by atoms with Gasteiger partial charge in [-0.15, -0.1) is 11.3 Å². The van der Waals surface area contributed by atoms with E-state index in [2.05, 4.69) is 30.8 Å². The van der Waals surface area contributed by atoms with Crippen molar-refractivity contribution in [2.45, 2.75) is 37.8 Å². The summed E-state index contributed by atoms with van der Waals surface area (Å²) in [5.74, 6) is 0.318. The van der Waals surface area contributed by atoms with Crippen LogP contribution in [0.2, 0.25) is 0 Å². The van der Waals surface area contributed by atoms with E-state index in [0.29, 0.717) is 10.4 Å². The van der Waals surface area contributed by atoms with Gasteiger partial charge in [-0.1, -0.05) is 0 Å². The van der Waals surface area contributed by atoms with Crippen molar-refractivity contribution in [2.75, 3.05) is 0 Å². The Kier molecular flexibility index (Phi) is 5.99.